The van der Waals surface area contributed by atoms with E-state index in [4.69, 9.17) is 0 Å². The zero-order valence-electron chi connectivity index (χ0n) is 15.8. The molecule has 27 heavy (non-hydrogen) atoms. The van der Waals surface area contributed by atoms with E-state index in [2.05, 4.69) is 10.6 Å². The van der Waals surface area contributed by atoms with Crippen molar-refractivity contribution in [2.45, 2.75) is 26.3 Å². The van der Waals surface area contributed by atoms with Crippen LogP contribution in [0.15, 0.2) is 72.8 Å². The third-order valence-corrected chi connectivity index (χ3v) is 4.03. The maximum absolute atomic E-state index is 12.3. The molecule has 0 atom stereocenters. The quantitative estimate of drug-likeness (QED) is 0.529. The summed E-state index contributed by atoms with van der Waals surface area (Å²) in [6.07, 6.45) is 0. The van der Waals surface area contributed by atoms with Crippen molar-refractivity contribution in [2.75, 3.05) is 5.32 Å². The first-order chi connectivity index (χ1) is 12.8. The number of hydrogen-bond donors (Lipinski definition) is 3. The van der Waals surface area contributed by atoms with Crippen molar-refractivity contribution < 1.29 is 9.90 Å². The molecule has 0 aliphatic rings. The molecule has 0 aliphatic heterocycles. The highest BCUT2D eigenvalue weighted by Gasteiger charge is 2.17. The molecule has 0 aromatic heterocycles. The number of carbonyl (C=O) groups is 1. The van der Waals surface area contributed by atoms with Crippen LogP contribution in [0, 0.1) is 0 Å². The van der Waals surface area contributed by atoms with Crippen LogP contribution < -0.4 is 10.6 Å². The SMILES string of the molecule is CC(C)(C)NC(=O)Nc1cc(-c2ccccc2)c(O)c(-c2ccccc2)c1. The number of phenols is 1. The zero-order valence-corrected chi connectivity index (χ0v) is 15.8. The summed E-state index contributed by atoms with van der Waals surface area (Å²) in [7, 11) is 0. The molecule has 3 N–H and O–H groups in total. The van der Waals surface area contributed by atoms with E-state index in [0.717, 1.165) is 11.1 Å². The highest BCUT2D eigenvalue weighted by Crippen LogP contribution is 2.40. The summed E-state index contributed by atoms with van der Waals surface area (Å²) in [4.78, 5) is 12.3. The molecule has 0 spiro atoms. The Balaban J connectivity index is 2.07. The largest absolute Gasteiger partial charge is 0.507 e. The average Bonchev–Trinajstić information content (AvgIpc) is 2.63. The molecule has 0 aliphatic carbocycles. The molecule has 3 aromatic carbocycles. The molecule has 3 aromatic rings. The van der Waals surface area contributed by atoms with Crippen molar-refractivity contribution in [3.8, 4) is 28.0 Å². The van der Waals surface area contributed by atoms with Crippen LogP contribution in [0.1, 0.15) is 20.8 Å². The predicted octanol–water partition coefficient (Wildman–Crippen LogP) is 5.65. The summed E-state index contributed by atoms with van der Waals surface area (Å²) in [6.45, 7) is 5.77. The highest BCUT2D eigenvalue weighted by molar-refractivity contribution is 5.94. The average molecular weight is 360 g/mol. The predicted molar refractivity (Wildman–Crippen MR) is 111 cm³/mol. The number of benzene rings is 3. The van der Waals surface area contributed by atoms with Crippen LogP contribution in [-0.2, 0) is 0 Å². The smallest absolute Gasteiger partial charge is 0.319 e. The highest BCUT2D eigenvalue weighted by atomic mass is 16.3. The standard InChI is InChI=1S/C23H24N2O2/c1-23(2,3)25-22(27)24-18-14-19(16-10-6-4-7-11-16)21(26)20(15-18)17-12-8-5-9-13-17/h4-15,26H,1-3H3,(H2,24,25,27). The van der Waals surface area contributed by atoms with Gasteiger partial charge in [0.05, 0.1) is 0 Å². The Bertz CT molecular complexity index is 869. The molecule has 3 rings (SSSR count). The molecule has 0 radical (unpaired) electrons. The van der Waals surface area contributed by atoms with E-state index in [0.29, 0.717) is 16.8 Å². The van der Waals surface area contributed by atoms with E-state index in [1.165, 1.54) is 0 Å². The molecular formula is C23H24N2O2. The summed E-state index contributed by atoms with van der Waals surface area (Å²) < 4.78 is 0. The molecule has 0 saturated carbocycles. The Kier molecular flexibility index (Phi) is 5.17. The third-order valence-electron chi connectivity index (χ3n) is 4.03. The summed E-state index contributed by atoms with van der Waals surface area (Å²) in [5.74, 6) is 0.189. The number of anilines is 1. The summed E-state index contributed by atoms with van der Waals surface area (Å²) in [5.41, 5.74) is 3.38. The number of amides is 2. The fourth-order valence-corrected chi connectivity index (χ4v) is 2.89. The number of urea groups is 1. The monoisotopic (exact) mass is 360 g/mol. The minimum Gasteiger partial charge on any atom is -0.507 e. The van der Waals surface area contributed by atoms with Gasteiger partial charge in [0.1, 0.15) is 5.75 Å². The van der Waals surface area contributed by atoms with E-state index < -0.39 is 0 Å². The minimum absolute atomic E-state index is 0.189. The van der Waals surface area contributed by atoms with Crippen LogP contribution in [-0.4, -0.2) is 16.7 Å². The lowest BCUT2D eigenvalue weighted by molar-refractivity contribution is 0.244. The van der Waals surface area contributed by atoms with E-state index in [9.17, 15) is 9.90 Å². The fourth-order valence-electron chi connectivity index (χ4n) is 2.89. The molecule has 2 amide bonds. The number of phenolic OH excluding ortho intramolecular Hbond substituents is 1. The van der Waals surface area contributed by atoms with Gasteiger partial charge in [0.15, 0.2) is 0 Å². The van der Waals surface area contributed by atoms with Gasteiger partial charge >= 0.3 is 6.03 Å². The van der Waals surface area contributed by atoms with Crippen LogP contribution >= 0.6 is 0 Å². The van der Waals surface area contributed by atoms with Gasteiger partial charge in [-0.05, 0) is 44.0 Å². The number of hydrogen-bond acceptors (Lipinski definition) is 2. The van der Waals surface area contributed by atoms with Crippen LogP contribution in [0.3, 0.4) is 0 Å². The van der Waals surface area contributed by atoms with Gasteiger partial charge in [-0.1, -0.05) is 60.7 Å². The van der Waals surface area contributed by atoms with Crippen LogP contribution in [0.25, 0.3) is 22.3 Å². The molecule has 4 nitrogen and oxygen atoms in total. The Morgan fingerprint density at radius 3 is 1.67 bits per heavy atom. The van der Waals surface area contributed by atoms with Crippen LogP contribution in [0.5, 0.6) is 5.75 Å². The Labute approximate surface area is 159 Å². The van der Waals surface area contributed by atoms with Crippen LogP contribution in [0.2, 0.25) is 0 Å². The minimum atomic E-state index is -0.342. The second-order valence-electron chi connectivity index (χ2n) is 7.48. The van der Waals surface area contributed by atoms with Gasteiger partial charge in [-0.25, -0.2) is 4.79 Å². The molecule has 0 bridgehead atoms. The van der Waals surface area contributed by atoms with Gasteiger partial charge in [0, 0.05) is 22.4 Å². The van der Waals surface area contributed by atoms with Crippen molar-refractivity contribution in [3.05, 3.63) is 72.8 Å². The first-order valence-electron chi connectivity index (χ1n) is 8.90. The molecule has 0 fully saturated rings. The topological polar surface area (TPSA) is 61.4 Å². The lowest BCUT2D eigenvalue weighted by Crippen LogP contribution is -2.43. The van der Waals surface area contributed by atoms with E-state index >= 15 is 0 Å². The normalized spacial score (nSPS) is 11.1. The van der Waals surface area contributed by atoms with Crippen molar-refractivity contribution in [1.82, 2.24) is 5.32 Å². The summed E-state index contributed by atoms with van der Waals surface area (Å²) in [6, 6.07) is 22.6. The number of aromatic hydroxyl groups is 1. The van der Waals surface area contributed by atoms with Crippen molar-refractivity contribution in [3.63, 3.8) is 0 Å². The maximum atomic E-state index is 12.3. The van der Waals surface area contributed by atoms with E-state index in [1.807, 2.05) is 81.4 Å². The molecular weight excluding hydrogens is 336 g/mol. The summed E-state index contributed by atoms with van der Waals surface area (Å²) in [5, 5.41) is 16.7. The van der Waals surface area contributed by atoms with E-state index in [1.54, 1.807) is 12.1 Å². The van der Waals surface area contributed by atoms with Gasteiger partial charge in [-0.15, -0.1) is 0 Å². The van der Waals surface area contributed by atoms with Crippen molar-refractivity contribution >= 4 is 11.7 Å². The first-order valence-corrected chi connectivity index (χ1v) is 8.90. The Hall–Kier alpha value is -3.27. The van der Waals surface area contributed by atoms with Gasteiger partial charge < -0.3 is 15.7 Å². The molecule has 0 saturated heterocycles. The van der Waals surface area contributed by atoms with Gasteiger partial charge in [-0.2, -0.15) is 0 Å². The van der Waals surface area contributed by atoms with Crippen molar-refractivity contribution in [1.29, 1.82) is 0 Å². The number of carbonyl (C=O) groups excluding carboxylic acids is 1. The van der Waals surface area contributed by atoms with Gasteiger partial charge in [0.25, 0.3) is 0 Å². The lowest BCUT2D eigenvalue weighted by atomic mass is 9.96. The maximum Gasteiger partial charge on any atom is 0.319 e. The van der Waals surface area contributed by atoms with Crippen LogP contribution in [0.4, 0.5) is 10.5 Å². The Morgan fingerprint density at radius 1 is 0.815 bits per heavy atom. The molecule has 4 heteroatoms. The summed E-state index contributed by atoms with van der Waals surface area (Å²) >= 11 is 0. The van der Waals surface area contributed by atoms with E-state index in [-0.39, 0.29) is 17.3 Å². The molecule has 0 heterocycles. The lowest BCUT2D eigenvalue weighted by Gasteiger charge is -2.21. The number of rotatable bonds is 3. The number of nitrogens with one attached hydrogen (secondary N) is 2. The van der Waals surface area contributed by atoms with Gasteiger partial charge in [-0.3, -0.25) is 0 Å². The van der Waals surface area contributed by atoms with Gasteiger partial charge in [0.2, 0.25) is 0 Å². The van der Waals surface area contributed by atoms with Crippen molar-refractivity contribution in [2.24, 2.45) is 0 Å². The Morgan fingerprint density at radius 2 is 1.26 bits per heavy atom. The third kappa shape index (κ3) is 4.67. The molecule has 138 valence electrons. The molecule has 0 unspecified atom stereocenters. The first kappa shape index (κ1) is 18.5. The zero-order chi connectivity index (χ0) is 19.4. The second-order valence-corrected chi connectivity index (χ2v) is 7.48. The second kappa shape index (κ2) is 7.54. The fraction of sp³-hybridized carbons (Fsp3) is 0.174.